The maximum atomic E-state index is 12.8. The third-order valence-electron chi connectivity index (χ3n) is 4.82. The van der Waals surface area contributed by atoms with E-state index in [0.717, 1.165) is 46.6 Å². The van der Waals surface area contributed by atoms with Gasteiger partial charge in [-0.3, -0.25) is 24.0 Å². The van der Waals surface area contributed by atoms with Gasteiger partial charge in [0.15, 0.2) is 12.2 Å². The van der Waals surface area contributed by atoms with Gasteiger partial charge in [-0.05, 0) is 6.26 Å². The van der Waals surface area contributed by atoms with Crippen molar-refractivity contribution in [2.75, 3.05) is 20.0 Å². The first-order valence-corrected chi connectivity index (χ1v) is 11.7. The van der Waals surface area contributed by atoms with Gasteiger partial charge in [0.2, 0.25) is 10.8 Å². The molecule has 35 heavy (non-hydrogen) atoms. The van der Waals surface area contributed by atoms with Crippen LogP contribution in [0.2, 0.25) is 0 Å². The number of nitrogens with one attached hydrogen (secondary N) is 1. The van der Waals surface area contributed by atoms with Crippen molar-refractivity contribution < 1.29 is 57.2 Å². The van der Waals surface area contributed by atoms with E-state index in [-0.39, 0.29) is 6.42 Å². The fourth-order valence-corrected chi connectivity index (χ4v) is 4.40. The molecule has 1 aliphatic rings. The lowest BCUT2D eigenvalue weighted by Gasteiger charge is -2.48. The molecule has 1 rings (SSSR count). The lowest BCUT2D eigenvalue weighted by Crippen LogP contribution is -2.68. The number of carbonyl (C=O) groups is 6. The number of ether oxygens (including phenoxy) is 6. The zero-order chi connectivity index (χ0) is 26.9. The average Bonchev–Trinajstić information content (AvgIpc) is 2.74. The Morgan fingerprint density at radius 2 is 1.57 bits per heavy atom. The predicted molar refractivity (Wildman–Crippen MR) is 119 cm³/mol. The van der Waals surface area contributed by atoms with Gasteiger partial charge in [0.25, 0.3) is 0 Å². The summed E-state index contributed by atoms with van der Waals surface area (Å²) in [6.07, 6.45) is -4.17. The van der Waals surface area contributed by atoms with Crippen LogP contribution in [0.1, 0.15) is 41.0 Å². The maximum absolute atomic E-state index is 12.8. The summed E-state index contributed by atoms with van der Waals surface area (Å²) >= 11 is 0.927. The van der Waals surface area contributed by atoms with Crippen LogP contribution in [-0.4, -0.2) is 91.1 Å². The summed E-state index contributed by atoms with van der Waals surface area (Å²) in [7, 11) is 1.13. The molecule has 6 atom stereocenters. The lowest BCUT2D eigenvalue weighted by atomic mass is 9.89. The first-order chi connectivity index (χ1) is 16.3. The van der Waals surface area contributed by atoms with Gasteiger partial charge >= 0.3 is 29.8 Å². The largest absolute Gasteiger partial charge is 0.466 e. The van der Waals surface area contributed by atoms with Crippen LogP contribution < -0.4 is 5.32 Å². The molecule has 13 nitrogen and oxygen atoms in total. The third-order valence-corrected chi connectivity index (χ3v) is 5.91. The molecule has 0 spiro atoms. The van der Waals surface area contributed by atoms with Crippen LogP contribution in [0, 0.1) is 0 Å². The van der Waals surface area contributed by atoms with Crippen molar-refractivity contribution in [1.29, 1.82) is 0 Å². The molecule has 0 unspecified atom stereocenters. The maximum Gasteiger partial charge on any atom is 0.348 e. The lowest BCUT2D eigenvalue weighted by molar-refractivity contribution is -0.224. The molecular weight excluding hydrogens is 490 g/mol. The van der Waals surface area contributed by atoms with Crippen molar-refractivity contribution in [1.82, 2.24) is 5.32 Å². The molecule has 1 saturated heterocycles. The first kappa shape index (κ1) is 30.2. The molecule has 1 amide bonds. The highest BCUT2D eigenvalue weighted by molar-refractivity contribution is 8.00. The van der Waals surface area contributed by atoms with Gasteiger partial charge in [-0.2, -0.15) is 0 Å². The first-order valence-electron chi connectivity index (χ1n) is 10.5. The molecule has 0 aromatic heterocycles. The van der Waals surface area contributed by atoms with Crippen molar-refractivity contribution in [2.45, 2.75) is 76.4 Å². The van der Waals surface area contributed by atoms with Crippen LogP contribution in [0.4, 0.5) is 0 Å². The number of rotatable bonds is 10. The van der Waals surface area contributed by atoms with Gasteiger partial charge in [0, 0.05) is 41.0 Å². The second kappa shape index (κ2) is 13.3. The summed E-state index contributed by atoms with van der Waals surface area (Å²) in [6, 6.07) is -1.17. The van der Waals surface area contributed by atoms with E-state index in [1.165, 1.54) is 6.92 Å². The van der Waals surface area contributed by atoms with Crippen molar-refractivity contribution in [3.8, 4) is 0 Å². The molecule has 1 fully saturated rings. The van der Waals surface area contributed by atoms with Crippen molar-refractivity contribution in [3.63, 3.8) is 0 Å². The number of carbonyl (C=O) groups excluding carboxylic acids is 6. The number of methoxy groups -OCH3 is 1. The highest BCUT2D eigenvalue weighted by Crippen LogP contribution is 2.41. The predicted octanol–water partition coefficient (Wildman–Crippen LogP) is -0.129. The number of esters is 5. The number of amides is 1. The summed E-state index contributed by atoms with van der Waals surface area (Å²) < 4.78 is 32.1. The van der Waals surface area contributed by atoms with Gasteiger partial charge in [-0.1, -0.05) is 0 Å². The number of hydrogen-bond acceptors (Lipinski definition) is 13. The summed E-state index contributed by atoms with van der Waals surface area (Å²) in [5, 5.41) is 2.59. The monoisotopic (exact) mass is 521 g/mol. The normalized spacial score (nSPS) is 25.3. The van der Waals surface area contributed by atoms with E-state index in [9.17, 15) is 28.8 Å². The van der Waals surface area contributed by atoms with Crippen LogP contribution in [0.5, 0.6) is 0 Å². The summed E-state index contributed by atoms with van der Waals surface area (Å²) in [5.41, 5.74) is 0. The van der Waals surface area contributed by atoms with Crippen LogP contribution in [0.25, 0.3) is 0 Å². The molecule has 0 aliphatic carbocycles. The van der Waals surface area contributed by atoms with Crippen LogP contribution in [0.3, 0.4) is 0 Å². The zero-order valence-corrected chi connectivity index (χ0v) is 21.4. The molecule has 14 heteroatoms. The summed E-state index contributed by atoms with van der Waals surface area (Å²) in [6.45, 7) is 5.08. The van der Waals surface area contributed by atoms with Gasteiger partial charge < -0.3 is 33.7 Å². The van der Waals surface area contributed by atoms with E-state index < -0.39 is 77.8 Å². The Labute approximate surface area is 206 Å². The quantitative estimate of drug-likeness (QED) is 0.298. The Kier molecular flexibility index (Phi) is 11.4. The number of hydrogen-bond donors (Lipinski definition) is 1. The second-order valence-corrected chi connectivity index (χ2v) is 8.70. The second-order valence-electron chi connectivity index (χ2n) is 7.63. The molecule has 1 heterocycles. The molecule has 0 saturated carbocycles. The summed E-state index contributed by atoms with van der Waals surface area (Å²) in [4.78, 5) is 70.2. The minimum Gasteiger partial charge on any atom is -0.466 e. The zero-order valence-electron chi connectivity index (χ0n) is 20.6. The van der Waals surface area contributed by atoms with Gasteiger partial charge in [0.1, 0.15) is 18.8 Å². The molecule has 198 valence electrons. The Bertz CT molecular complexity index is 833. The highest BCUT2D eigenvalue weighted by atomic mass is 32.2. The minimum atomic E-state index is -1.75. The Morgan fingerprint density at radius 1 is 0.971 bits per heavy atom. The number of thioether (sulfide) groups is 1. The molecule has 0 radical (unpaired) electrons. The Balaban J connectivity index is 3.72. The van der Waals surface area contributed by atoms with Crippen LogP contribution in [-0.2, 0) is 57.2 Å². The standard InChI is InChI=1S/C21H31NO12S/c1-10(23)22-17-15(31-12(3)25)8-21(35-7,20(28)29-6)34-19(17)18(33-14(5)27)16(32-13(4)26)9-30-11(2)24/h15-19H,8-9H2,1-7H3,(H,22,23)/t15-,16+,17+,18+,19+,21-/m0/s1. The third kappa shape index (κ3) is 8.69. The van der Waals surface area contributed by atoms with E-state index in [0.29, 0.717) is 0 Å². The average molecular weight is 522 g/mol. The molecule has 0 aromatic carbocycles. The van der Waals surface area contributed by atoms with Gasteiger partial charge in [0.05, 0.1) is 13.2 Å². The minimum absolute atomic E-state index is 0.225. The van der Waals surface area contributed by atoms with E-state index >= 15 is 0 Å². The fraction of sp³-hybridized carbons (Fsp3) is 0.714. The highest BCUT2D eigenvalue weighted by Gasteiger charge is 2.58. The Hall–Kier alpha value is -2.87. The van der Waals surface area contributed by atoms with E-state index in [4.69, 9.17) is 28.4 Å². The van der Waals surface area contributed by atoms with Crippen molar-refractivity contribution >= 4 is 47.5 Å². The fourth-order valence-electron chi connectivity index (χ4n) is 3.61. The summed E-state index contributed by atoms with van der Waals surface area (Å²) in [5.74, 6) is -4.45. The molecule has 1 aliphatic heterocycles. The molecule has 0 bridgehead atoms. The SMILES string of the molecule is COC(=O)[C@@]1(SC)C[C@H](OC(C)=O)[C@@H](NC(C)=O)[C@H]([C@H](OC(C)=O)[C@@H](COC(C)=O)OC(C)=O)O1. The molecule has 0 aromatic rings. The van der Waals surface area contributed by atoms with E-state index in [1.54, 1.807) is 6.26 Å². The van der Waals surface area contributed by atoms with Crippen LogP contribution in [0.15, 0.2) is 0 Å². The van der Waals surface area contributed by atoms with Crippen molar-refractivity contribution in [2.24, 2.45) is 0 Å². The van der Waals surface area contributed by atoms with Gasteiger partial charge in [-0.25, -0.2) is 4.79 Å². The topological polar surface area (TPSA) is 170 Å². The van der Waals surface area contributed by atoms with E-state index in [2.05, 4.69) is 5.32 Å². The molecule has 1 N–H and O–H groups in total. The van der Waals surface area contributed by atoms with Crippen LogP contribution >= 0.6 is 11.8 Å². The smallest absolute Gasteiger partial charge is 0.348 e. The van der Waals surface area contributed by atoms with Gasteiger partial charge in [-0.15, -0.1) is 11.8 Å². The molecular formula is C21H31NO12S. The Morgan fingerprint density at radius 3 is 2.00 bits per heavy atom. The van der Waals surface area contributed by atoms with Crippen molar-refractivity contribution in [3.05, 3.63) is 0 Å². The van der Waals surface area contributed by atoms with E-state index in [1.807, 2.05) is 0 Å².